The van der Waals surface area contributed by atoms with Crippen LogP contribution >= 0.6 is 11.3 Å². The summed E-state index contributed by atoms with van der Waals surface area (Å²) in [4.78, 5) is 19.3. The molecule has 1 amide bonds. The standard InChI is InChI=1S/C14H18N4O2S/c15-10-3-1-7-18(9-10)13(19)6-5-12-16-14(17-20-12)11-4-2-8-21-11/h2,4,8,10H,1,3,5-7,9,15H2. The molecule has 1 fully saturated rings. The van der Waals surface area contributed by atoms with Crippen LogP contribution in [0, 0.1) is 0 Å². The number of hydrogen-bond acceptors (Lipinski definition) is 6. The van der Waals surface area contributed by atoms with Gasteiger partial charge < -0.3 is 15.2 Å². The second kappa shape index (κ2) is 6.36. The minimum atomic E-state index is 0.108. The number of amides is 1. The molecule has 2 aromatic heterocycles. The molecule has 3 rings (SSSR count). The molecule has 1 aliphatic heterocycles. The Morgan fingerprint density at radius 1 is 1.57 bits per heavy atom. The maximum atomic E-state index is 12.1. The van der Waals surface area contributed by atoms with Crippen molar-refractivity contribution in [2.45, 2.75) is 31.7 Å². The van der Waals surface area contributed by atoms with E-state index < -0.39 is 0 Å². The number of nitrogens with zero attached hydrogens (tertiary/aromatic N) is 3. The number of carbonyl (C=O) groups excluding carboxylic acids is 1. The van der Waals surface area contributed by atoms with Crippen LogP contribution in [-0.4, -0.2) is 40.1 Å². The Labute approximate surface area is 126 Å². The van der Waals surface area contributed by atoms with E-state index >= 15 is 0 Å². The van der Waals surface area contributed by atoms with Gasteiger partial charge >= 0.3 is 0 Å². The van der Waals surface area contributed by atoms with Crippen molar-refractivity contribution in [2.24, 2.45) is 5.73 Å². The van der Waals surface area contributed by atoms with Crippen molar-refractivity contribution in [3.8, 4) is 10.7 Å². The van der Waals surface area contributed by atoms with Gasteiger partial charge in [0.1, 0.15) is 0 Å². The Balaban J connectivity index is 1.54. The van der Waals surface area contributed by atoms with Gasteiger partial charge in [-0.3, -0.25) is 4.79 Å². The minimum absolute atomic E-state index is 0.108. The largest absolute Gasteiger partial charge is 0.341 e. The van der Waals surface area contributed by atoms with Crippen molar-refractivity contribution in [3.05, 3.63) is 23.4 Å². The van der Waals surface area contributed by atoms with E-state index in [0.29, 0.717) is 31.1 Å². The number of aromatic nitrogens is 2. The van der Waals surface area contributed by atoms with E-state index in [9.17, 15) is 4.79 Å². The molecule has 1 atom stereocenters. The van der Waals surface area contributed by atoms with Gasteiger partial charge in [0.15, 0.2) is 0 Å². The lowest BCUT2D eigenvalue weighted by molar-refractivity contribution is -0.132. The molecule has 0 saturated carbocycles. The van der Waals surface area contributed by atoms with Gasteiger partial charge in [-0.25, -0.2) is 0 Å². The van der Waals surface area contributed by atoms with Crippen LogP contribution in [-0.2, 0) is 11.2 Å². The zero-order valence-electron chi connectivity index (χ0n) is 11.7. The zero-order chi connectivity index (χ0) is 14.7. The molecular weight excluding hydrogens is 288 g/mol. The number of thiophene rings is 1. The molecule has 0 aromatic carbocycles. The summed E-state index contributed by atoms with van der Waals surface area (Å²) < 4.78 is 5.20. The maximum Gasteiger partial charge on any atom is 0.227 e. The molecular formula is C14H18N4O2S. The maximum absolute atomic E-state index is 12.1. The lowest BCUT2D eigenvalue weighted by Crippen LogP contribution is -2.45. The van der Waals surface area contributed by atoms with Crippen LogP contribution in [0.4, 0.5) is 0 Å². The van der Waals surface area contributed by atoms with Crippen molar-refractivity contribution in [1.82, 2.24) is 15.0 Å². The highest BCUT2D eigenvalue weighted by Gasteiger charge is 2.21. The normalized spacial score (nSPS) is 18.9. The summed E-state index contributed by atoms with van der Waals surface area (Å²) in [5, 5.41) is 5.91. The predicted octanol–water partition coefficient (Wildman–Crippen LogP) is 1.68. The Morgan fingerprint density at radius 2 is 2.48 bits per heavy atom. The van der Waals surface area contributed by atoms with Crippen molar-refractivity contribution in [2.75, 3.05) is 13.1 Å². The fourth-order valence-electron chi connectivity index (χ4n) is 2.47. The topological polar surface area (TPSA) is 85.2 Å². The Kier molecular flexibility index (Phi) is 4.31. The average Bonchev–Trinajstić information content (AvgIpc) is 3.15. The minimum Gasteiger partial charge on any atom is -0.341 e. The van der Waals surface area contributed by atoms with Crippen molar-refractivity contribution in [1.29, 1.82) is 0 Å². The third kappa shape index (κ3) is 3.48. The van der Waals surface area contributed by atoms with Crippen LogP contribution in [0.2, 0.25) is 0 Å². The van der Waals surface area contributed by atoms with Gasteiger partial charge in [-0.05, 0) is 24.3 Å². The highest BCUT2D eigenvalue weighted by molar-refractivity contribution is 7.13. The third-order valence-electron chi connectivity index (χ3n) is 3.57. The number of carbonyl (C=O) groups is 1. The van der Waals surface area contributed by atoms with Gasteiger partial charge in [0.25, 0.3) is 0 Å². The molecule has 0 bridgehead atoms. The van der Waals surface area contributed by atoms with Crippen molar-refractivity contribution < 1.29 is 9.32 Å². The summed E-state index contributed by atoms with van der Waals surface area (Å²) >= 11 is 1.56. The smallest absolute Gasteiger partial charge is 0.227 e. The number of rotatable bonds is 4. The summed E-state index contributed by atoms with van der Waals surface area (Å²) in [7, 11) is 0. The van der Waals surface area contributed by atoms with E-state index in [-0.39, 0.29) is 11.9 Å². The number of likely N-dealkylation sites (tertiary alicyclic amines) is 1. The van der Waals surface area contributed by atoms with Gasteiger partial charge in [0, 0.05) is 32.0 Å². The molecule has 2 N–H and O–H groups in total. The van der Waals surface area contributed by atoms with E-state index in [2.05, 4.69) is 10.1 Å². The fourth-order valence-corrected chi connectivity index (χ4v) is 3.12. The molecule has 7 heteroatoms. The first kappa shape index (κ1) is 14.2. The van der Waals surface area contributed by atoms with Gasteiger partial charge in [-0.2, -0.15) is 4.98 Å². The first-order valence-electron chi connectivity index (χ1n) is 7.12. The Morgan fingerprint density at radius 3 is 3.24 bits per heavy atom. The number of nitrogens with two attached hydrogens (primary N) is 1. The number of hydrogen-bond donors (Lipinski definition) is 1. The van der Waals surface area contributed by atoms with Gasteiger partial charge in [-0.1, -0.05) is 11.2 Å². The molecule has 21 heavy (non-hydrogen) atoms. The van der Waals surface area contributed by atoms with Crippen LogP contribution in [0.3, 0.4) is 0 Å². The number of piperidine rings is 1. The van der Waals surface area contributed by atoms with Crippen LogP contribution in [0.25, 0.3) is 10.7 Å². The van der Waals surface area contributed by atoms with E-state index in [0.717, 1.165) is 24.3 Å². The molecule has 112 valence electrons. The zero-order valence-corrected chi connectivity index (χ0v) is 12.5. The van der Waals surface area contributed by atoms with Crippen LogP contribution in [0.5, 0.6) is 0 Å². The van der Waals surface area contributed by atoms with E-state index in [1.165, 1.54) is 0 Å². The molecule has 1 unspecified atom stereocenters. The second-order valence-electron chi connectivity index (χ2n) is 5.23. The number of aryl methyl sites for hydroxylation is 1. The molecule has 6 nitrogen and oxygen atoms in total. The van der Waals surface area contributed by atoms with Gasteiger partial charge in [-0.15, -0.1) is 11.3 Å². The summed E-state index contributed by atoms with van der Waals surface area (Å²) in [5.41, 5.74) is 5.89. The van der Waals surface area contributed by atoms with Crippen molar-refractivity contribution in [3.63, 3.8) is 0 Å². The highest BCUT2D eigenvalue weighted by Crippen LogP contribution is 2.21. The SMILES string of the molecule is NC1CCCN(C(=O)CCc2nc(-c3cccs3)no2)C1. The van der Waals surface area contributed by atoms with Crippen LogP contribution < -0.4 is 5.73 Å². The highest BCUT2D eigenvalue weighted by atomic mass is 32.1. The fraction of sp³-hybridized carbons (Fsp3) is 0.500. The summed E-state index contributed by atoms with van der Waals surface area (Å²) in [6.07, 6.45) is 2.84. The van der Waals surface area contributed by atoms with Crippen molar-refractivity contribution >= 4 is 17.2 Å². The first-order chi connectivity index (χ1) is 10.2. The molecule has 0 radical (unpaired) electrons. The monoisotopic (exact) mass is 306 g/mol. The Hall–Kier alpha value is -1.73. The van der Waals surface area contributed by atoms with E-state index in [1.807, 2.05) is 22.4 Å². The quantitative estimate of drug-likeness (QED) is 0.929. The summed E-state index contributed by atoms with van der Waals surface area (Å²) in [6, 6.07) is 4.00. The molecule has 0 spiro atoms. The van der Waals surface area contributed by atoms with E-state index in [1.54, 1.807) is 11.3 Å². The van der Waals surface area contributed by atoms with Crippen LogP contribution in [0.15, 0.2) is 22.0 Å². The first-order valence-corrected chi connectivity index (χ1v) is 8.00. The molecule has 3 heterocycles. The Bertz CT molecular complexity index is 596. The lowest BCUT2D eigenvalue weighted by Gasteiger charge is -2.30. The van der Waals surface area contributed by atoms with Gasteiger partial charge in [0.05, 0.1) is 4.88 Å². The average molecular weight is 306 g/mol. The predicted molar refractivity (Wildman–Crippen MR) is 79.7 cm³/mol. The lowest BCUT2D eigenvalue weighted by atomic mass is 10.1. The van der Waals surface area contributed by atoms with E-state index in [4.69, 9.17) is 10.3 Å². The summed E-state index contributed by atoms with van der Waals surface area (Å²) in [5.74, 6) is 1.21. The van der Waals surface area contributed by atoms with Crippen LogP contribution in [0.1, 0.15) is 25.2 Å². The second-order valence-corrected chi connectivity index (χ2v) is 6.18. The molecule has 1 saturated heterocycles. The molecule has 1 aliphatic rings. The third-order valence-corrected chi connectivity index (χ3v) is 4.44. The summed E-state index contributed by atoms with van der Waals surface area (Å²) in [6.45, 7) is 1.46. The molecule has 2 aromatic rings. The molecule has 0 aliphatic carbocycles. The van der Waals surface area contributed by atoms with Gasteiger partial charge in [0.2, 0.25) is 17.6 Å².